The predicted molar refractivity (Wildman–Crippen MR) is 96.5 cm³/mol. The maximum Gasteiger partial charge on any atom is 0.137 e. The van der Waals surface area contributed by atoms with Crippen LogP contribution in [0.3, 0.4) is 0 Å². The molecule has 1 aliphatic carbocycles. The molecule has 118 valence electrons. The van der Waals surface area contributed by atoms with Crippen molar-refractivity contribution in [2.24, 2.45) is 0 Å². The van der Waals surface area contributed by atoms with E-state index in [0.29, 0.717) is 11.3 Å². The molecule has 0 bridgehead atoms. The lowest BCUT2D eigenvalue weighted by molar-refractivity contribution is 0.412. The Morgan fingerprint density at radius 3 is 2.67 bits per heavy atom. The summed E-state index contributed by atoms with van der Waals surface area (Å²) in [6.45, 7) is 0. The Kier molecular flexibility index (Phi) is 3.70. The number of methoxy groups -OCH3 is 1. The molecular weight excluding hydrogens is 294 g/mol. The Balaban J connectivity index is 1.83. The Bertz CT molecular complexity index is 966. The lowest BCUT2D eigenvalue weighted by atomic mass is 9.91. The summed E-state index contributed by atoms with van der Waals surface area (Å²) >= 11 is 0. The first-order chi connectivity index (χ1) is 11.8. The highest BCUT2D eigenvalue weighted by molar-refractivity contribution is 5.83. The van der Waals surface area contributed by atoms with Gasteiger partial charge in [0, 0.05) is 0 Å². The zero-order valence-corrected chi connectivity index (χ0v) is 13.8. The van der Waals surface area contributed by atoms with Crippen LogP contribution in [-0.2, 0) is 19.3 Å². The van der Waals surface area contributed by atoms with Crippen LogP contribution in [0.2, 0.25) is 0 Å². The van der Waals surface area contributed by atoms with Crippen LogP contribution in [0.4, 0.5) is 0 Å². The average molecular weight is 313 g/mol. The highest BCUT2D eigenvalue weighted by atomic mass is 16.5. The second-order valence-corrected chi connectivity index (χ2v) is 6.39. The lowest BCUT2D eigenvalue weighted by Gasteiger charge is -2.15. The summed E-state index contributed by atoms with van der Waals surface area (Å²) in [5.41, 5.74) is 5.81. The normalized spacial score (nSPS) is 12.8. The molecule has 0 fully saturated rings. The van der Waals surface area contributed by atoms with Gasteiger partial charge in [0.25, 0.3) is 0 Å². The van der Waals surface area contributed by atoms with E-state index in [1.807, 2.05) is 0 Å². The lowest BCUT2D eigenvalue weighted by Crippen LogP contribution is -2.02. The SMILES string of the molecule is COc1cc2c(c(Cc3ccc4ccccc4c3)c1C#N)CCC2. The quantitative estimate of drug-likeness (QED) is 0.696. The minimum atomic E-state index is 0.700. The van der Waals surface area contributed by atoms with Gasteiger partial charge >= 0.3 is 0 Å². The molecule has 0 aromatic heterocycles. The molecule has 3 aromatic rings. The van der Waals surface area contributed by atoms with Gasteiger partial charge in [0.1, 0.15) is 11.8 Å². The monoisotopic (exact) mass is 313 g/mol. The molecule has 0 N–H and O–H groups in total. The first-order valence-electron chi connectivity index (χ1n) is 8.39. The fourth-order valence-electron chi connectivity index (χ4n) is 3.83. The van der Waals surface area contributed by atoms with Crippen LogP contribution < -0.4 is 4.74 Å². The molecule has 0 amide bonds. The Morgan fingerprint density at radius 2 is 1.88 bits per heavy atom. The number of nitriles is 1. The van der Waals surface area contributed by atoms with Crippen molar-refractivity contribution in [1.29, 1.82) is 5.26 Å². The third kappa shape index (κ3) is 2.43. The fourth-order valence-corrected chi connectivity index (χ4v) is 3.83. The van der Waals surface area contributed by atoms with Gasteiger partial charge in [-0.15, -0.1) is 0 Å². The second-order valence-electron chi connectivity index (χ2n) is 6.39. The number of aryl methyl sites for hydroxylation is 1. The van der Waals surface area contributed by atoms with Crippen molar-refractivity contribution in [3.05, 3.63) is 76.3 Å². The molecule has 0 spiro atoms. The minimum absolute atomic E-state index is 0.700. The minimum Gasteiger partial charge on any atom is -0.495 e. The van der Waals surface area contributed by atoms with Crippen LogP contribution in [0.5, 0.6) is 5.75 Å². The van der Waals surface area contributed by atoms with Crippen molar-refractivity contribution in [3.63, 3.8) is 0 Å². The molecule has 24 heavy (non-hydrogen) atoms. The van der Waals surface area contributed by atoms with Gasteiger partial charge in [-0.3, -0.25) is 0 Å². The molecule has 1 aliphatic rings. The highest BCUT2D eigenvalue weighted by Gasteiger charge is 2.22. The van der Waals surface area contributed by atoms with Crippen LogP contribution in [0, 0.1) is 11.3 Å². The number of benzene rings is 3. The van der Waals surface area contributed by atoms with Crippen LogP contribution in [0.1, 0.15) is 34.2 Å². The van der Waals surface area contributed by atoms with E-state index in [1.54, 1.807) is 7.11 Å². The van der Waals surface area contributed by atoms with Crippen molar-refractivity contribution in [2.75, 3.05) is 7.11 Å². The van der Waals surface area contributed by atoms with Crippen molar-refractivity contribution in [2.45, 2.75) is 25.7 Å². The standard InChI is InChI=1S/C22H19NO/c1-24-22-13-18-7-4-8-19(18)20(21(22)14-23)12-15-9-10-16-5-2-3-6-17(16)11-15/h2-3,5-6,9-11,13H,4,7-8,12H2,1H3. The maximum atomic E-state index is 9.68. The second kappa shape index (κ2) is 6.02. The van der Waals surface area contributed by atoms with Crippen molar-refractivity contribution < 1.29 is 4.74 Å². The molecule has 3 aromatic carbocycles. The molecule has 0 saturated carbocycles. The summed E-state index contributed by atoms with van der Waals surface area (Å²) in [6, 6.07) is 19.4. The number of nitrogens with zero attached hydrogens (tertiary/aromatic N) is 1. The molecule has 0 heterocycles. The van der Waals surface area contributed by atoms with Crippen LogP contribution in [0.25, 0.3) is 10.8 Å². The summed E-state index contributed by atoms with van der Waals surface area (Å²) in [7, 11) is 1.65. The van der Waals surface area contributed by atoms with Crippen LogP contribution in [-0.4, -0.2) is 7.11 Å². The fraction of sp³-hybridized carbons (Fsp3) is 0.227. The van der Waals surface area contributed by atoms with Crippen LogP contribution in [0.15, 0.2) is 48.5 Å². The van der Waals surface area contributed by atoms with Gasteiger partial charge in [-0.2, -0.15) is 5.26 Å². The number of ether oxygens (including phenoxy) is 1. The Morgan fingerprint density at radius 1 is 1.04 bits per heavy atom. The molecule has 0 radical (unpaired) electrons. The van der Waals surface area contributed by atoms with E-state index < -0.39 is 0 Å². The molecule has 0 saturated heterocycles. The third-order valence-corrected chi connectivity index (χ3v) is 5.00. The van der Waals surface area contributed by atoms with E-state index in [-0.39, 0.29) is 0 Å². The van der Waals surface area contributed by atoms with Crippen molar-refractivity contribution >= 4 is 10.8 Å². The molecule has 0 atom stereocenters. The zero-order chi connectivity index (χ0) is 16.5. The molecule has 0 aliphatic heterocycles. The largest absolute Gasteiger partial charge is 0.495 e. The predicted octanol–water partition coefficient (Wildman–Crippen LogP) is 4.80. The van der Waals surface area contributed by atoms with E-state index in [9.17, 15) is 5.26 Å². The highest BCUT2D eigenvalue weighted by Crippen LogP contribution is 2.35. The number of hydrogen-bond donors (Lipinski definition) is 0. The van der Waals surface area contributed by atoms with Gasteiger partial charge in [-0.05, 0) is 64.8 Å². The van der Waals surface area contributed by atoms with E-state index in [2.05, 4.69) is 54.6 Å². The Hall–Kier alpha value is -2.79. The van der Waals surface area contributed by atoms with Gasteiger partial charge in [-0.25, -0.2) is 0 Å². The van der Waals surface area contributed by atoms with Gasteiger partial charge in [0.15, 0.2) is 0 Å². The van der Waals surface area contributed by atoms with E-state index in [0.717, 1.165) is 31.2 Å². The van der Waals surface area contributed by atoms with Gasteiger partial charge in [-0.1, -0.05) is 42.5 Å². The van der Waals surface area contributed by atoms with Gasteiger partial charge < -0.3 is 4.74 Å². The van der Waals surface area contributed by atoms with Gasteiger partial charge in [0.2, 0.25) is 0 Å². The smallest absolute Gasteiger partial charge is 0.137 e. The third-order valence-electron chi connectivity index (χ3n) is 5.00. The van der Waals surface area contributed by atoms with Gasteiger partial charge in [0.05, 0.1) is 12.7 Å². The maximum absolute atomic E-state index is 9.68. The summed E-state index contributed by atoms with van der Waals surface area (Å²) in [5.74, 6) is 0.717. The summed E-state index contributed by atoms with van der Waals surface area (Å²) in [6.07, 6.45) is 4.10. The molecule has 2 heteroatoms. The number of rotatable bonds is 3. The van der Waals surface area contributed by atoms with E-state index >= 15 is 0 Å². The number of hydrogen-bond acceptors (Lipinski definition) is 2. The molecular formula is C22H19NO. The Labute approximate surface area is 142 Å². The first kappa shape index (κ1) is 14.8. The average Bonchev–Trinajstić information content (AvgIpc) is 3.09. The van der Waals surface area contributed by atoms with E-state index in [4.69, 9.17) is 4.74 Å². The molecule has 4 rings (SSSR count). The first-order valence-corrected chi connectivity index (χ1v) is 8.39. The molecule has 0 unspecified atom stereocenters. The topological polar surface area (TPSA) is 33.0 Å². The number of fused-ring (bicyclic) bond motifs is 2. The van der Waals surface area contributed by atoms with Crippen molar-refractivity contribution in [1.82, 2.24) is 0 Å². The van der Waals surface area contributed by atoms with Crippen molar-refractivity contribution in [3.8, 4) is 11.8 Å². The summed E-state index contributed by atoms with van der Waals surface area (Å²) in [4.78, 5) is 0. The zero-order valence-electron chi connectivity index (χ0n) is 13.8. The molecule has 2 nitrogen and oxygen atoms in total. The summed E-state index contributed by atoms with van der Waals surface area (Å²) < 4.78 is 5.49. The summed E-state index contributed by atoms with van der Waals surface area (Å²) in [5, 5.41) is 12.2. The van der Waals surface area contributed by atoms with Crippen LogP contribution >= 0.6 is 0 Å². The van der Waals surface area contributed by atoms with E-state index in [1.165, 1.54) is 27.5 Å².